The van der Waals surface area contributed by atoms with Crippen LogP contribution in [0, 0.1) is 11.3 Å². The zero-order valence-electron chi connectivity index (χ0n) is 19.0. The maximum absolute atomic E-state index is 13.9. The summed E-state index contributed by atoms with van der Waals surface area (Å²) >= 11 is 9.19. The van der Waals surface area contributed by atoms with Crippen molar-refractivity contribution >= 4 is 50.7 Å². The van der Waals surface area contributed by atoms with Crippen molar-refractivity contribution in [2.24, 2.45) is 11.3 Å². The number of aryl methyl sites for hydroxylation is 1. The Labute approximate surface area is 201 Å². The Kier molecular flexibility index (Phi) is 6.45. The number of hydrogen-bond acceptors (Lipinski definition) is 6. The number of hydrogen-bond donors (Lipinski definition) is 0. The highest BCUT2D eigenvalue weighted by molar-refractivity contribution is 7.99. The van der Waals surface area contributed by atoms with Crippen LogP contribution >= 0.6 is 34.7 Å². The molecule has 1 aliphatic rings. The average Bonchev–Trinajstić information content (AvgIpc) is 3.08. The van der Waals surface area contributed by atoms with Gasteiger partial charge in [0.15, 0.2) is 5.16 Å². The van der Waals surface area contributed by atoms with Gasteiger partial charge in [-0.15, -0.1) is 11.3 Å². The average molecular weight is 491 g/mol. The van der Waals surface area contributed by atoms with Gasteiger partial charge in [0.2, 0.25) is 0 Å². The maximum atomic E-state index is 13.9. The van der Waals surface area contributed by atoms with Gasteiger partial charge in [-0.2, -0.15) is 0 Å². The summed E-state index contributed by atoms with van der Waals surface area (Å²) < 4.78 is 7.11. The van der Waals surface area contributed by atoms with Crippen LogP contribution in [0.5, 0.6) is 5.75 Å². The number of aromatic nitrogens is 2. The second-order valence-electron chi connectivity index (χ2n) is 9.34. The van der Waals surface area contributed by atoms with E-state index in [1.54, 1.807) is 41.2 Å². The Morgan fingerprint density at radius 2 is 2.12 bits per heavy atom. The number of carbonyl (C=O) groups excluding carboxylic acids is 1. The van der Waals surface area contributed by atoms with Gasteiger partial charge in [-0.25, -0.2) is 4.98 Å². The van der Waals surface area contributed by atoms with Crippen molar-refractivity contribution < 1.29 is 9.53 Å². The van der Waals surface area contributed by atoms with Gasteiger partial charge in [0.05, 0.1) is 23.9 Å². The normalized spacial score (nSPS) is 16.2. The minimum atomic E-state index is -0.464. The molecule has 2 heterocycles. The molecule has 0 spiro atoms. The summed E-state index contributed by atoms with van der Waals surface area (Å²) in [5.41, 5.74) is 1.06. The second-order valence-corrected chi connectivity index (χ2v) is 11.8. The Morgan fingerprint density at radius 3 is 2.81 bits per heavy atom. The molecule has 2 aromatic heterocycles. The van der Waals surface area contributed by atoms with Crippen molar-refractivity contribution in [3.63, 3.8) is 0 Å². The molecule has 1 aromatic carbocycles. The first-order chi connectivity index (χ1) is 15.1. The first kappa shape index (κ1) is 23.3. The van der Waals surface area contributed by atoms with Crippen LogP contribution in [0.2, 0.25) is 5.02 Å². The van der Waals surface area contributed by atoms with Crippen LogP contribution in [-0.4, -0.2) is 28.2 Å². The summed E-state index contributed by atoms with van der Waals surface area (Å²) in [4.78, 5) is 33.4. The number of fused-ring (bicyclic) bond motifs is 3. The molecule has 3 aromatic rings. The topological polar surface area (TPSA) is 61.2 Å². The summed E-state index contributed by atoms with van der Waals surface area (Å²) in [7, 11) is 1.56. The molecule has 0 bridgehead atoms. The van der Waals surface area contributed by atoms with Crippen molar-refractivity contribution in [1.82, 2.24) is 9.55 Å². The third kappa shape index (κ3) is 4.35. The molecule has 170 valence electrons. The van der Waals surface area contributed by atoms with E-state index in [4.69, 9.17) is 21.3 Å². The molecular formula is C24H27ClN2O3S2. The van der Waals surface area contributed by atoms with Crippen LogP contribution in [-0.2, 0) is 17.6 Å². The number of methoxy groups -OCH3 is 1. The Bertz CT molecular complexity index is 1260. The van der Waals surface area contributed by atoms with E-state index in [-0.39, 0.29) is 17.1 Å². The maximum Gasteiger partial charge on any atom is 0.267 e. The van der Waals surface area contributed by atoms with Gasteiger partial charge in [-0.3, -0.25) is 14.2 Å². The number of halogens is 1. The molecule has 0 saturated heterocycles. The van der Waals surface area contributed by atoms with Gasteiger partial charge in [0.1, 0.15) is 16.4 Å². The van der Waals surface area contributed by atoms with E-state index >= 15 is 0 Å². The van der Waals surface area contributed by atoms with Crippen molar-refractivity contribution in [2.45, 2.75) is 52.1 Å². The summed E-state index contributed by atoms with van der Waals surface area (Å²) in [6.45, 7) is 7.94. The third-order valence-electron chi connectivity index (χ3n) is 5.85. The molecule has 32 heavy (non-hydrogen) atoms. The molecule has 0 aliphatic heterocycles. The van der Waals surface area contributed by atoms with Gasteiger partial charge in [0, 0.05) is 15.3 Å². The number of benzene rings is 1. The molecule has 1 aliphatic carbocycles. The molecule has 0 N–H and O–H groups in total. The predicted octanol–water partition coefficient (Wildman–Crippen LogP) is 5.94. The lowest BCUT2D eigenvalue weighted by molar-refractivity contribution is -0.123. The van der Waals surface area contributed by atoms with Crippen LogP contribution in [0.1, 0.15) is 44.6 Å². The highest BCUT2D eigenvalue weighted by atomic mass is 35.5. The number of thioether (sulfide) groups is 1. The lowest BCUT2D eigenvalue weighted by Crippen LogP contribution is -2.25. The highest BCUT2D eigenvalue weighted by Gasteiger charge is 2.27. The Morgan fingerprint density at radius 1 is 1.38 bits per heavy atom. The quantitative estimate of drug-likeness (QED) is 0.327. The monoisotopic (exact) mass is 490 g/mol. The van der Waals surface area contributed by atoms with Crippen molar-refractivity contribution in [3.8, 4) is 11.4 Å². The first-order valence-corrected chi connectivity index (χ1v) is 12.9. The smallest absolute Gasteiger partial charge is 0.267 e. The van der Waals surface area contributed by atoms with E-state index < -0.39 is 5.41 Å². The molecule has 0 saturated carbocycles. The number of nitrogens with zero attached hydrogens (tertiary/aromatic N) is 2. The van der Waals surface area contributed by atoms with Crippen molar-refractivity contribution in [3.05, 3.63) is 44.0 Å². The minimum Gasteiger partial charge on any atom is -0.495 e. The lowest BCUT2D eigenvalue weighted by Gasteiger charge is -2.19. The molecule has 1 atom stereocenters. The molecule has 0 unspecified atom stereocenters. The number of carbonyl (C=O) groups is 1. The van der Waals surface area contributed by atoms with E-state index in [0.717, 1.165) is 29.7 Å². The molecule has 0 fully saturated rings. The summed E-state index contributed by atoms with van der Waals surface area (Å²) in [6.07, 6.45) is 2.92. The van der Waals surface area contributed by atoms with Gasteiger partial charge in [0.25, 0.3) is 5.56 Å². The number of thiophene rings is 1. The second kappa shape index (κ2) is 8.84. The van der Waals surface area contributed by atoms with E-state index in [1.165, 1.54) is 16.6 Å². The van der Waals surface area contributed by atoms with Gasteiger partial charge in [-0.1, -0.05) is 51.1 Å². The highest BCUT2D eigenvalue weighted by Crippen LogP contribution is 2.38. The standard InChI is InChI=1S/C24H27ClN2O3S2/c1-13-6-8-15-18(10-13)32-21-20(15)22(29)27(16-11-14(25)7-9-17(16)30-5)23(26-21)31-12-19(28)24(2,3)4/h7,9,11,13H,6,8,10,12H2,1-5H3/t13-/m1/s1. The van der Waals surface area contributed by atoms with E-state index in [9.17, 15) is 9.59 Å². The fourth-order valence-corrected chi connectivity index (χ4v) is 6.62. The van der Waals surface area contributed by atoms with Crippen LogP contribution in [0.4, 0.5) is 0 Å². The summed E-state index contributed by atoms with van der Waals surface area (Å²) in [5.74, 6) is 1.45. The molecule has 0 amide bonds. The van der Waals surface area contributed by atoms with Crippen LogP contribution in [0.25, 0.3) is 15.9 Å². The SMILES string of the molecule is COc1ccc(Cl)cc1-n1c(SCC(=O)C(C)(C)C)nc2sc3c(c2c1=O)CC[C@@H](C)C3. The van der Waals surface area contributed by atoms with E-state index in [1.807, 2.05) is 20.8 Å². The summed E-state index contributed by atoms with van der Waals surface area (Å²) in [6, 6.07) is 5.18. The largest absolute Gasteiger partial charge is 0.495 e. The van der Waals surface area contributed by atoms with Gasteiger partial charge < -0.3 is 4.74 Å². The number of ether oxygens (including phenoxy) is 1. The Balaban J connectivity index is 1.95. The molecule has 4 rings (SSSR count). The number of ketones is 1. The summed E-state index contributed by atoms with van der Waals surface area (Å²) in [5, 5.41) is 1.66. The first-order valence-electron chi connectivity index (χ1n) is 10.7. The van der Waals surface area contributed by atoms with Crippen LogP contribution < -0.4 is 10.3 Å². The molecule has 8 heteroatoms. The molecular weight excluding hydrogens is 464 g/mol. The van der Waals surface area contributed by atoms with Crippen molar-refractivity contribution in [1.29, 1.82) is 0 Å². The van der Waals surface area contributed by atoms with E-state index in [2.05, 4.69) is 6.92 Å². The number of rotatable bonds is 5. The zero-order chi connectivity index (χ0) is 23.2. The Hall–Kier alpha value is -1.83. The third-order valence-corrected chi connectivity index (χ3v) is 8.17. The van der Waals surface area contributed by atoms with E-state index in [0.29, 0.717) is 32.9 Å². The zero-order valence-corrected chi connectivity index (χ0v) is 21.3. The molecule has 5 nitrogen and oxygen atoms in total. The fourth-order valence-electron chi connectivity index (χ4n) is 3.86. The van der Waals surface area contributed by atoms with Crippen molar-refractivity contribution in [2.75, 3.05) is 12.9 Å². The number of Topliss-reactive ketones (excluding diaryl/α,β-unsaturated/α-hetero) is 1. The fraction of sp³-hybridized carbons (Fsp3) is 0.458. The van der Waals surface area contributed by atoms with Gasteiger partial charge in [-0.05, 0) is 48.9 Å². The van der Waals surface area contributed by atoms with Crippen LogP contribution in [0.15, 0.2) is 28.2 Å². The predicted molar refractivity (Wildman–Crippen MR) is 133 cm³/mol. The van der Waals surface area contributed by atoms with Gasteiger partial charge >= 0.3 is 0 Å². The lowest BCUT2D eigenvalue weighted by atomic mass is 9.89. The minimum absolute atomic E-state index is 0.0979. The molecule has 0 radical (unpaired) electrons. The van der Waals surface area contributed by atoms with Crippen LogP contribution in [0.3, 0.4) is 0 Å².